The second-order valence-electron chi connectivity index (χ2n) is 5.54. The van der Waals surface area contributed by atoms with Gasteiger partial charge in [-0.05, 0) is 36.1 Å². The minimum absolute atomic E-state index is 0.111. The number of hydrogen-bond donors (Lipinski definition) is 2. The van der Waals surface area contributed by atoms with E-state index in [9.17, 15) is 14.7 Å². The molecule has 0 amide bonds. The summed E-state index contributed by atoms with van der Waals surface area (Å²) in [7, 11) is 0. The van der Waals surface area contributed by atoms with Gasteiger partial charge in [0.05, 0.1) is 10.4 Å². The van der Waals surface area contributed by atoms with E-state index < -0.39 is 11.5 Å². The van der Waals surface area contributed by atoms with Crippen molar-refractivity contribution in [1.82, 2.24) is 9.97 Å². The summed E-state index contributed by atoms with van der Waals surface area (Å²) in [4.78, 5) is 31.0. The first-order valence-corrected chi connectivity index (χ1v) is 8.83. The van der Waals surface area contributed by atoms with E-state index >= 15 is 0 Å². The molecule has 5 nitrogen and oxygen atoms in total. The van der Waals surface area contributed by atoms with Crippen molar-refractivity contribution in [3.63, 3.8) is 0 Å². The normalized spacial score (nSPS) is 11.9. The highest BCUT2D eigenvalue weighted by Gasteiger charge is 2.19. The Morgan fingerprint density at radius 1 is 1.36 bits per heavy atom. The first-order valence-electron chi connectivity index (χ1n) is 7.64. The Morgan fingerprint density at radius 2 is 2.04 bits per heavy atom. The van der Waals surface area contributed by atoms with Gasteiger partial charge in [-0.1, -0.05) is 42.8 Å². The number of carboxylic acid groups (broad SMARTS) is 1. The summed E-state index contributed by atoms with van der Waals surface area (Å²) in [6.07, 6.45) is 2.66. The molecule has 0 aliphatic heterocycles. The molecule has 128 valence electrons. The Bertz CT molecular complexity index is 1050. The summed E-state index contributed by atoms with van der Waals surface area (Å²) < 4.78 is 0. The molecule has 0 atom stereocenters. The minimum atomic E-state index is -1.07. The molecule has 25 heavy (non-hydrogen) atoms. The molecule has 2 heterocycles. The lowest BCUT2D eigenvalue weighted by Gasteiger charge is -2.01. The molecule has 0 aliphatic rings. The molecule has 0 saturated carbocycles. The van der Waals surface area contributed by atoms with Crippen molar-refractivity contribution >= 4 is 50.2 Å². The maximum Gasteiger partial charge on any atom is 0.346 e. The molecular formula is C18H15ClN2O3S. The minimum Gasteiger partial charge on any atom is -0.477 e. The molecule has 2 N–H and O–H groups in total. The van der Waals surface area contributed by atoms with E-state index in [1.54, 1.807) is 13.0 Å². The van der Waals surface area contributed by atoms with E-state index in [-0.39, 0.29) is 15.7 Å². The molecule has 0 bridgehead atoms. The molecule has 0 radical (unpaired) electrons. The van der Waals surface area contributed by atoms with E-state index in [0.717, 1.165) is 23.3 Å². The monoisotopic (exact) mass is 374 g/mol. The highest BCUT2D eigenvalue weighted by atomic mass is 35.5. The van der Waals surface area contributed by atoms with Crippen LogP contribution in [0.3, 0.4) is 0 Å². The fourth-order valence-corrected chi connectivity index (χ4v) is 3.76. The maximum atomic E-state index is 12.3. The van der Waals surface area contributed by atoms with Gasteiger partial charge >= 0.3 is 5.97 Å². The molecule has 0 aliphatic carbocycles. The number of aromatic nitrogens is 2. The zero-order chi connectivity index (χ0) is 18.1. The third kappa shape index (κ3) is 3.36. The molecule has 3 aromatic rings. The SMILES string of the molecule is CCc1ccc(/C=C(\Cl)c2nc3sc(C(=O)O)c(C)c3c(=O)[nH]2)cc1. The fraction of sp³-hybridized carbons (Fsp3) is 0.167. The van der Waals surface area contributed by atoms with E-state index in [2.05, 4.69) is 16.9 Å². The third-order valence-corrected chi connectivity index (χ3v) is 5.36. The van der Waals surface area contributed by atoms with Gasteiger partial charge in [-0.25, -0.2) is 9.78 Å². The van der Waals surface area contributed by atoms with Gasteiger partial charge in [-0.2, -0.15) is 0 Å². The molecule has 1 aromatic carbocycles. The van der Waals surface area contributed by atoms with Crippen LogP contribution in [0.2, 0.25) is 0 Å². The van der Waals surface area contributed by atoms with Crippen LogP contribution in [0.1, 0.15) is 39.1 Å². The number of benzene rings is 1. The quantitative estimate of drug-likeness (QED) is 0.713. The summed E-state index contributed by atoms with van der Waals surface area (Å²) in [5.41, 5.74) is 2.13. The Hall–Kier alpha value is -2.44. The van der Waals surface area contributed by atoms with Crippen LogP contribution < -0.4 is 5.56 Å². The molecule has 0 fully saturated rings. The van der Waals surface area contributed by atoms with Gasteiger partial charge in [0.1, 0.15) is 9.71 Å². The van der Waals surface area contributed by atoms with Crippen molar-refractivity contribution in [3.05, 3.63) is 62.0 Å². The van der Waals surface area contributed by atoms with Crippen LogP contribution in [-0.4, -0.2) is 21.0 Å². The molecule has 2 aromatic heterocycles. The number of rotatable bonds is 4. The van der Waals surface area contributed by atoms with Gasteiger partial charge < -0.3 is 10.1 Å². The smallest absolute Gasteiger partial charge is 0.346 e. The number of thiophene rings is 1. The predicted molar refractivity (Wildman–Crippen MR) is 101 cm³/mol. The molecule has 7 heteroatoms. The van der Waals surface area contributed by atoms with E-state index in [0.29, 0.717) is 15.8 Å². The summed E-state index contributed by atoms with van der Waals surface area (Å²) in [6, 6.07) is 7.90. The van der Waals surface area contributed by atoms with Crippen molar-refractivity contribution < 1.29 is 9.90 Å². The lowest BCUT2D eigenvalue weighted by Crippen LogP contribution is -2.10. The van der Waals surface area contributed by atoms with Crippen molar-refractivity contribution in [2.75, 3.05) is 0 Å². The predicted octanol–water partition coefficient (Wildman–Crippen LogP) is 4.29. The largest absolute Gasteiger partial charge is 0.477 e. The Kier molecular flexibility index (Phi) is 4.74. The van der Waals surface area contributed by atoms with Crippen molar-refractivity contribution in [2.24, 2.45) is 0 Å². The van der Waals surface area contributed by atoms with Gasteiger partial charge in [0, 0.05) is 0 Å². The summed E-state index contributed by atoms with van der Waals surface area (Å²) >= 11 is 7.29. The van der Waals surface area contributed by atoms with Crippen LogP contribution in [0.4, 0.5) is 0 Å². The summed E-state index contributed by atoms with van der Waals surface area (Å²) in [6.45, 7) is 3.68. The van der Waals surface area contributed by atoms with E-state index in [4.69, 9.17) is 11.6 Å². The van der Waals surface area contributed by atoms with E-state index in [1.807, 2.05) is 24.3 Å². The molecule has 3 rings (SSSR count). The number of nitrogens with zero attached hydrogens (tertiary/aromatic N) is 1. The number of halogens is 1. The summed E-state index contributed by atoms with van der Waals surface area (Å²) in [5.74, 6) is -0.851. The van der Waals surface area contributed by atoms with Gasteiger partial charge in [0.15, 0.2) is 5.82 Å². The average molecular weight is 375 g/mol. The van der Waals surface area contributed by atoms with Crippen LogP contribution in [0.15, 0.2) is 29.1 Å². The number of carboxylic acids is 1. The van der Waals surface area contributed by atoms with Crippen molar-refractivity contribution in [1.29, 1.82) is 0 Å². The van der Waals surface area contributed by atoms with E-state index in [1.165, 1.54) is 5.56 Å². The first-order chi connectivity index (χ1) is 11.9. The molecule has 0 spiro atoms. The van der Waals surface area contributed by atoms with Crippen LogP contribution in [-0.2, 0) is 6.42 Å². The number of aromatic carboxylic acids is 1. The summed E-state index contributed by atoms with van der Waals surface area (Å²) in [5, 5.41) is 9.78. The zero-order valence-corrected chi connectivity index (χ0v) is 15.2. The van der Waals surface area contributed by atoms with Crippen molar-refractivity contribution in [2.45, 2.75) is 20.3 Å². The number of aromatic amines is 1. The van der Waals surface area contributed by atoms with Gasteiger partial charge in [0.25, 0.3) is 5.56 Å². The number of carbonyl (C=O) groups is 1. The average Bonchev–Trinajstić information content (AvgIpc) is 2.93. The second kappa shape index (κ2) is 6.82. The van der Waals surface area contributed by atoms with Crippen LogP contribution in [0, 0.1) is 6.92 Å². The lowest BCUT2D eigenvalue weighted by molar-refractivity contribution is 0.0701. The first kappa shape index (κ1) is 17.4. The Balaban J connectivity index is 2.07. The van der Waals surface area contributed by atoms with Crippen molar-refractivity contribution in [3.8, 4) is 0 Å². The number of aryl methyl sites for hydroxylation is 2. The number of nitrogens with one attached hydrogen (secondary N) is 1. The zero-order valence-electron chi connectivity index (χ0n) is 13.6. The molecule has 0 saturated heterocycles. The second-order valence-corrected chi connectivity index (χ2v) is 6.95. The lowest BCUT2D eigenvalue weighted by atomic mass is 10.1. The number of hydrogen-bond acceptors (Lipinski definition) is 4. The number of fused-ring (bicyclic) bond motifs is 1. The fourth-order valence-electron chi connectivity index (χ4n) is 2.53. The van der Waals surface area contributed by atoms with Gasteiger partial charge in [0.2, 0.25) is 0 Å². The Labute approximate surface area is 152 Å². The van der Waals surface area contributed by atoms with Gasteiger partial charge in [-0.3, -0.25) is 4.79 Å². The maximum absolute atomic E-state index is 12.3. The van der Waals surface area contributed by atoms with Crippen LogP contribution >= 0.6 is 22.9 Å². The highest BCUT2D eigenvalue weighted by molar-refractivity contribution is 7.20. The standard InChI is InChI=1S/C18H15ClN2O3S/c1-3-10-4-6-11(7-5-10)8-12(19)15-20-16(22)13-9(2)14(18(23)24)25-17(13)21-15/h4-8H,3H2,1-2H3,(H,23,24)(H,20,21,22)/b12-8-. The number of H-pyrrole nitrogens is 1. The third-order valence-electron chi connectivity index (χ3n) is 3.90. The highest BCUT2D eigenvalue weighted by Crippen LogP contribution is 2.28. The topological polar surface area (TPSA) is 83.0 Å². The molecular weight excluding hydrogens is 360 g/mol. The van der Waals surface area contributed by atoms with Crippen LogP contribution in [0.5, 0.6) is 0 Å². The molecule has 0 unspecified atom stereocenters. The Morgan fingerprint density at radius 3 is 2.64 bits per heavy atom. The van der Waals surface area contributed by atoms with Gasteiger partial charge in [-0.15, -0.1) is 11.3 Å². The van der Waals surface area contributed by atoms with Crippen LogP contribution in [0.25, 0.3) is 21.3 Å².